The van der Waals surface area contributed by atoms with Crippen molar-refractivity contribution in [1.82, 2.24) is 0 Å². The first-order valence-electron chi connectivity index (χ1n) is 6.25. The van der Waals surface area contributed by atoms with E-state index in [1.54, 1.807) is 4.90 Å². The van der Waals surface area contributed by atoms with Crippen molar-refractivity contribution in [3.8, 4) is 0 Å². The molecule has 1 rings (SSSR count). The van der Waals surface area contributed by atoms with E-state index in [1.807, 2.05) is 25.2 Å². The van der Waals surface area contributed by atoms with Crippen LogP contribution in [0.1, 0.15) is 31.7 Å². The number of anilines is 1. The summed E-state index contributed by atoms with van der Waals surface area (Å²) in [6.07, 6.45) is 3.30. The summed E-state index contributed by atoms with van der Waals surface area (Å²) in [6, 6.07) is 8.05. The van der Waals surface area contributed by atoms with Gasteiger partial charge in [-0.25, -0.2) is 0 Å². The fourth-order valence-corrected chi connectivity index (χ4v) is 1.86. The van der Waals surface area contributed by atoms with E-state index in [0.717, 1.165) is 24.9 Å². The maximum Gasteiger partial charge on any atom is 0.226 e. The highest BCUT2D eigenvalue weighted by Crippen LogP contribution is 2.20. The lowest BCUT2D eigenvalue weighted by Crippen LogP contribution is -2.27. The van der Waals surface area contributed by atoms with Crippen LogP contribution in [0.4, 0.5) is 5.69 Å². The van der Waals surface area contributed by atoms with Crippen LogP contribution >= 0.6 is 0 Å². The van der Waals surface area contributed by atoms with Crippen LogP contribution in [0.5, 0.6) is 0 Å². The Hall–Kier alpha value is -1.35. The van der Waals surface area contributed by atoms with Crippen LogP contribution in [-0.2, 0) is 11.2 Å². The van der Waals surface area contributed by atoms with Crippen molar-refractivity contribution >= 4 is 11.6 Å². The number of nitrogens with zero attached hydrogens (tertiary/aromatic N) is 1. The SMILES string of the molecule is CCc1ccccc1N(C)C(=O)CCCCN. The fraction of sp³-hybridized carbons (Fsp3) is 0.500. The van der Waals surface area contributed by atoms with E-state index in [2.05, 4.69) is 13.0 Å². The lowest BCUT2D eigenvalue weighted by Gasteiger charge is -2.20. The highest BCUT2D eigenvalue weighted by atomic mass is 16.2. The summed E-state index contributed by atoms with van der Waals surface area (Å²) in [5.41, 5.74) is 7.65. The van der Waals surface area contributed by atoms with E-state index in [-0.39, 0.29) is 5.91 Å². The summed E-state index contributed by atoms with van der Waals surface area (Å²) in [5.74, 6) is 0.166. The molecule has 0 aliphatic carbocycles. The number of carbonyl (C=O) groups is 1. The molecular weight excluding hydrogens is 212 g/mol. The molecule has 17 heavy (non-hydrogen) atoms. The van der Waals surface area contributed by atoms with E-state index in [4.69, 9.17) is 5.73 Å². The lowest BCUT2D eigenvalue weighted by molar-refractivity contribution is -0.118. The van der Waals surface area contributed by atoms with Gasteiger partial charge in [-0.15, -0.1) is 0 Å². The average molecular weight is 234 g/mol. The molecule has 0 fully saturated rings. The van der Waals surface area contributed by atoms with Crippen molar-refractivity contribution in [2.24, 2.45) is 5.73 Å². The maximum absolute atomic E-state index is 12.0. The zero-order chi connectivity index (χ0) is 12.7. The number of benzene rings is 1. The first kappa shape index (κ1) is 13.7. The van der Waals surface area contributed by atoms with E-state index in [1.165, 1.54) is 5.56 Å². The minimum Gasteiger partial charge on any atom is -0.330 e. The summed E-state index contributed by atoms with van der Waals surface area (Å²) in [5, 5.41) is 0. The molecule has 1 aromatic carbocycles. The summed E-state index contributed by atoms with van der Waals surface area (Å²) in [6.45, 7) is 2.76. The molecule has 0 saturated heterocycles. The van der Waals surface area contributed by atoms with E-state index < -0.39 is 0 Å². The third kappa shape index (κ3) is 3.86. The minimum absolute atomic E-state index is 0.166. The van der Waals surface area contributed by atoms with Crippen LogP contribution in [0.2, 0.25) is 0 Å². The molecule has 3 nitrogen and oxygen atoms in total. The second-order valence-corrected chi connectivity index (χ2v) is 4.18. The third-order valence-corrected chi connectivity index (χ3v) is 2.95. The zero-order valence-corrected chi connectivity index (χ0v) is 10.8. The van der Waals surface area contributed by atoms with Crippen LogP contribution in [0.25, 0.3) is 0 Å². The number of para-hydroxylation sites is 1. The molecule has 0 saturated carbocycles. The number of nitrogens with two attached hydrogens (primary N) is 1. The summed E-state index contributed by atoms with van der Waals surface area (Å²) in [7, 11) is 1.85. The van der Waals surface area contributed by atoms with Crippen molar-refractivity contribution in [2.45, 2.75) is 32.6 Å². The van der Waals surface area contributed by atoms with Crippen LogP contribution < -0.4 is 10.6 Å². The molecule has 0 aromatic heterocycles. The molecule has 0 aliphatic rings. The largest absolute Gasteiger partial charge is 0.330 e. The normalized spacial score (nSPS) is 10.3. The van der Waals surface area contributed by atoms with Crippen LogP contribution in [0.15, 0.2) is 24.3 Å². The first-order chi connectivity index (χ1) is 8.20. The first-order valence-corrected chi connectivity index (χ1v) is 6.25. The van der Waals surface area contributed by atoms with Gasteiger partial charge >= 0.3 is 0 Å². The number of unbranched alkanes of at least 4 members (excludes halogenated alkanes) is 1. The van der Waals surface area contributed by atoms with Crippen molar-refractivity contribution < 1.29 is 4.79 Å². The summed E-state index contributed by atoms with van der Waals surface area (Å²) >= 11 is 0. The Kier molecular flexibility index (Phi) is 5.70. The Bertz CT molecular complexity index is 363. The van der Waals surface area contributed by atoms with Gasteiger partial charge in [-0.05, 0) is 37.4 Å². The van der Waals surface area contributed by atoms with Crippen LogP contribution in [0.3, 0.4) is 0 Å². The monoisotopic (exact) mass is 234 g/mol. The number of amides is 1. The lowest BCUT2D eigenvalue weighted by atomic mass is 10.1. The number of hydrogen-bond donors (Lipinski definition) is 1. The van der Waals surface area contributed by atoms with Crippen LogP contribution in [0, 0.1) is 0 Å². The molecule has 0 atom stereocenters. The van der Waals surface area contributed by atoms with Gasteiger partial charge in [0.2, 0.25) is 5.91 Å². The van der Waals surface area contributed by atoms with Gasteiger partial charge in [0.25, 0.3) is 0 Å². The predicted octanol–water partition coefficient (Wildman–Crippen LogP) is 2.34. The van der Waals surface area contributed by atoms with Crippen molar-refractivity contribution in [1.29, 1.82) is 0 Å². The van der Waals surface area contributed by atoms with Crippen molar-refractivity contribution in [3.63, 3.8) is 0 Å². The fourth-order valence-electron chi connectivity index (χ4n) is 1.86. The van der Waals surface area contributed by atoms with Gasteiger partial charge in [-0.1, -0.05) is 25.1 Å². The van der Waals surface area contributed by atoms with Gasteiger partial charge in [0, 0.05) is 19.2 Å². The second kappa shape index (κ2) is 7.07. The number of carbonyl (C=O) groups excluding carboxylic acids is 1. The smallest absolute Gasteiger partial charge is 0.226 e. The van der Waals surface area contributed by atoms with Gasteiger partial charge in [-0.2, -0.15) is 0 Å². The highest BCUT2D eigenvalue weighted by molar-refractivity contribution is 5.93. The molecule has 0 radical (unpaired) electrons. The Morgan fingerprint density at radius 1 is 1.29 bits per heavy atom. The molecule has 0 bridgehead atoms. The van der Waals surface area contributed by atoms with Gasteiger partial charge in [-0.3, -0.25) is 4.79 Å². The van der Waals surface area contributed by atoms with Crippen LogP contribution in [-0.4, -0.2) is 19.5 Å². The number of rotatable bonds is 6. The second-order valence-electron chi connectivity index (χ2n) is 4.18. The van der Waals surface area contributed by atoms with E-state index in [0.29, 0.717) is 13.0 Å². The maximum atomic E-state index is 12.0. The van der Waals surface area contributed by atoms with Gasteiger partial charge in [0.05, 0.1) is 0 Å². The van der Waals surface area contributed by atoms with Gasteiger partial charge in [0.15, 0.2) is 0 Å². The Morgan fingerprint density at radius 3 is 2.65 bits per heavy atom. The molecule has 0 unspecified atom stereocenters. The van der Waals surface area contributed by atoms with Gasteiger partial charge < -0.3 is 10.6 Å². The molecule has 1 aromatic rings. The highest BCUT2D eigenvalue weighted by Gasteiger charge is 2.12. The van der Waals surface area contributed by atoms with Crippen molar-refractivity contribution in [3.05, 3.63) is 29.8 Å². The Balaban J connectivity index is 2.67. The molecule has 0 heterocycles. The van der Waals surface area contributed by atoms with Crippen molar-refractivity contribution in [2.75, 3.05) is 18.5 Å². The number of aryl methyl sites for hydroxylation is 1. The molecule has 94 valence electrons. The van der Waals surface area contributed by atoms with E-state index >= 15 is 0 Å². The molecule has 1 amide bonds. The standard InChI is InChI=1S/C14H22N2O/c1-3-12-8-4-5-9-13(12)16(2)14(17)10-6-7-11-15/h4-5,8-9H,3,6-7,10-11,15H2,1-2H3. The molecule has 2 N–H and O–H groups in total. The molecule has 0 spiro atoms. The zero-order valence-electron chi connectivity index (χ0n) is 10.8. The third-order valence-electron chi connectivity index (χ3n) is 2.95. The Labute approximate surface area is 104 Å². The predicted molar refractivity (Wildman–Crippen MR) is 72.1 cm³/mol. The topological polar surface area (TPSA) is 46.3 Å². The summed E-state index contributed by atoms with van der Waals surface area (Å²) in [4.78, 5) is 13.7. The molecule has 0 aliphatic heterocycles. The summed E-state index contributed by atoms with van der Waals surface area (Å²) < 4.78 is 0. The molecular formula is C14H22N2O. The Morgan fingerprint density at radius 2 is 2.00 bits per heavy atom. The molecule has 3 heteroatoms. The van der Waals surface area contributed by atoms with E-state index in [9.17, 15) is 4.79 Å². The number of hydrogen-bond acceptors (Lipinski definition) is 2. The average Bonchev–Trinajstić information content (AvgIpc) is 2.38. The minimum atomic E-state index is 0.166. The quantitative estimate of drug-likeness (QED) is 0.768. The van der Waals surface area contributed by atoms with Gasteiger partial charge in [0.1, 0.15) is 0 Å².